The van der Waals surface area contributed by atoms with E-state index in [0.717, 1.165) is 35.3 Å². The van der Waals surface area contributed by atoms with Gasteiger partial charge in [0.25, 0.3) is 0 Å². The quantitative estimate of drug-likeness (QED) is 0.925. The number of rotatable bonds is 4. The van der Waals surface area contributed by atoms with Crippen molar-refractivity contribution in [1.82, 2.24) is 9.88 Å². The van der Waals surface area contributed by atoms with Crippen molar-refractivity contribution in [1.29, 1.82) is 0 Å². The lowest BCUT2D eigenvalue weighted by molar-refractivity contribution is 0.0102. The summed E-state index contributed by atoms with van der Waals surface area (Å²) in [4.78, 5) is 6.67. The minimum Gasteiger partial charge on any atom is -0.381 e. The summed E-state index contributed by atoms with van der Waals surface area (Å²) in [6.45, 7) is 2.52. The summed E-state index contributed by atoms with van der Waals surface area (Å²) in [5, 5.41) is 1.06. The molecule has 0 aliphatic carbocycles. The smallest absolute Gasteiger partial charge is 0.113 e. The predicted octanol–water partition coefficient (Wildman–Crippen LogP) is 2.16. The molecule has 1 aliphatic heterocycles. The number of likely N-dealkylation sites (tertiary alicyclic amines) is 1. The Kier molecular flexibility index (Phi) is 6.84. The molecule has 1 fully saturated rings. The monoisotopic (exact) mass is 311 g/mol. The first-order valence-corrected chi connectivity index (χ1v) is 6.99. The van der Waals surface area contributed by atoms with Gasteiger partial charge in [-0.05, 0) is 12.8 Å². The molecule has 2 unspecified atom stereocenters. The highest BCUT2D eigenvalue weighted by Crippen LogP contribution is 2.24. The normalized spacial score (nSPS) is 24.8. The van der Waals surface area contributed by atoms with Gasteiger partial charge in [-0.15, -0.1) is 23.7 Å². The van der Waals surface area contributed by atoms with Crippen LogP contribution >= 0.6 is 35.3 Å². The van der Waals surface area contributed by atoms with Crippen LogP contribution in [-0.2, 0) is 11.3 Å². The fraction of sp³-hybridized carbons (Fsp3) is 0.727. The van der Waals surface area contributed by atoms with E-state index in [1.165, 1.54) is 0 Å². The van der Waals surface area contributed by atoms with Crippen LogP contribution in [-0.4, -0.2) is 42.2 Å². The van der Waals surface area contributed by atoms with Crippen LogP contribution in [0.15, 0.2) is 6.20 Å². The van der Waals surface area contributed by atoms with E-state index in [2.05, 4.69) is 9.88 Å². The molecule has 2 heterocycles. The van der Waals surface area contributed by atoms with E-state index in [1.54, 1.807) is 24.6 Å². The zero-order valence-corrected chi connectivity index (χ0v) is 12.7. The molecule has 0 spiro atoms. The second kappa shape index (κ2) is 7.62. The van der Waals surface area contributed by atoms with E-state index in [9.17, 15) is 0 Å². The van der Waals surface area contributed by atoms with E-state index < -0.39 is 0 Å². The van der Waals surface area contributed by atoms with Gasteiger partial charge in [0, 0.05) is 26.2 Å². The molecule has 1 aromatic heterocycles. The highest BCUT2D eigenvalue weighted by molar-refractivity contribution is 7.15. The number of halogens is 2. The molecule has 104 valence electrons. The lowest BCUT2D eigenvalue weighted by atomic mass is 9.99. The summed E-state index contributed by atoms with van der Waals surface area (Å²) in [5.41, 5.74) is 5.83. The third-order valence-electron chi connectivity index (χ3n) is 3.26. The van der Waals surface area contributed by atoms with Crippen LogP contribution in [0.2, 0.25) is 4.34 Å². The van der Waals surface area contributed by atoms with Gasteiger partial charge in [-0.2, -0.15) is 0 Å². The van der Waals surface area contributed by atoms with Gasteiger partial charge in [0.15, 0.2) is 0 Å². The van der Waals surface area contributed by atoms with E-state index in [-0.39, 0.29) is 12.4 Å². The first-order chi connectivity index (χ1) is 8.22. The maximum absolute atomic E-state index is 5.89. The Morgan fingerprint density at radius 3 is 3.00 bits per heavy atom. The van der Waals surface area contributed by atoms with E-state index >= 15 is 0 Å². The predicted molar refractivity (Wildman–Crippen MR) is 77.7 cm³/mol. The van der Waals surface area contributed by atoms with Crippen LogP contribution in [0.5, 0.6) is 0 Å². The Labute approximate surface area is 123 Å². The fourth-order valence-corrected chi connectivity index (χ4v) is 3.25. The van der Waals surface area contributed by atoms with Gasteiger partial charge in [-0.3, -0.25) is 4.90 Å². The molecule has 0 bridgehead atoms. The molecular weight excluding hydrogens is 293 g/mol. The summed E-state index contributed by atoms with van der Waals surface area (Å²) in [7, 11) is 1.77. The van der Waals surface area contributed by atoms with Gasteiger partial charge in [-0.1, -0.05) is 11.6 Å². The van der Waals surface area contributed by atoms with Gasteiger partial charge >= 0.3 is 0 Å². The van der Waals surface area contributed by atoms with Crippen LogP contribution < -0.4 is 5.73 Å². The van der Waals surface area contributed by atoms with Crippen molar-refractivity contribution in [3.63, 3.8) is 0 Å². The van der Waals surface area contributed by atoms with Crippen LogP contribution in [0, 0.1) is 0 Å². The van der Waals surface area contributed by atoms with Gasteiger partial charge < -0.3 is 10.5 Å². The van der Waals surface area contributed by atoms with Crippen LogP contribution in [0.25, 0.3) is 0 Å². The molecule has 0 saturated carbocycles. The second-order valence-electron chi connectivity index (χ2n) is 4.30. The number of aromatic nitrogens is 1. The molecule has 2 atom stereocenters. The van der Waals surface area contributed by atoms with Crippen molar-refractivity contribution < 1.29 is 4.74 Å². The molecule has 2 N–H and O–H groups in total. The number of ether oxygens (including phenoxy) is 1. The Hall–Kier alpha value is 0.0900. The summed E-state index contributed by atoms with van der Waals surface area (Å²) in [5.74, 6) is 0. The summed E-state index contributed by atoms with van der Waals surface area (Å²) in [6, 6.07) is 0.386. The molecule has 0 amide bonds. The third-order valence-corrected chi connectivity index (χ3v) is 4.36. The summed E-state index contributed by atoms with van der Waals surface area (Å²) in [6.07, 6.45) is 4.12. The number of nitrogens with two attached hydrogens (primary N) is 1. The van der Waals surface area contributed by atoms with Gasteiger partial charge in [-0.25, -0.2) is 4.98 Å². The molecule has 18 heavy (non-hydrogen) atoms. The third kappa shape index (κ3) is 4.05. The van der Waals surface area contributed by atoms with Crippen LogP contribution in [0.3, 0.4) is 0 Å². The van der Waals surface area contributed by atoms with Crippen molar-refractivity contribution in [2.45, 2.75) is 31.5 Å². The Bertz CT molecular complexity index is 364. The minimum atomic E-state index is 0. The molecule has 1 aromatic rings. The largest absolute Gasteiger partial charge is 0.381 e. The van der Waals surface area contributed by atoms with Crippen molar-refractivity contribution >= 4 is 35.3 Å². The SMILES string of the molecule is COC1CCN(Cc2ncc(Cl)s2)C(CN)C1.Cl. The minimum absolute atomic E-state index is 0. The topological polar surface area (TPSA) is 51.4 Å². The Morgan fingerprint density at radius 1 is 1.67 bits per heavy atom. The van der Waals surface area contributed by atoms with Crippen molar-refractivity contribution in [2.24, 2.45) is 5.73 Å². The van der Waals surface area contributed by atoms with Gasteiger partial charge in [0.05, 0.1) is 18.8 Å². The van der Waals surface area contributed by atoms with Gasteiger partial charge in [0.2, 0.25) is 0 Å². The molecular formula is C11H19Cl2N3OS. The Balaban J connectivity index is 0.00000162. The maximum atomic E-state index is 5.89. The Morgan fingerprint density at radius 2 is 2.44 bits per heavy atom. The van der Waals surface area contributed by atoms with E-state index in [4.69, 9.17) is 22.1 Å². The van der Waals surface area contributed by atoms with Crippen molar-refractivity contribution in [3.05, 3.63) is 15.5 Å². The first-order valence-electron chi connectivity index (χ1n) is 5.80. The van der Waals surface area contributed by atoms with E-state index in [0.29, 0.717) is 18.7 Å². The highest BCUT2D eigenvalue weighted by Gasteiger charge is 2.27. The van der Waals surface area contributed by atoms with Crippen LogP contribution in [0.1, 0.15) is 17.8 Å². The zero-order valence-electron chi connectivity index (χ0n) is 10.3. The summed E-state index contributed by atoms with van der Waals surface area (Å²) < 4.78 is 6.16. The molecule has 0 aromatic carbocycles. The fourth-order valence-electron chi connectivity index (χ4n) is 2.27. The first kappa shape index (κ1) is 16.1. The molecule has 1 aliphatic rings. The van der Waals surface area contributed by atoms with Gasteiger partial charge in [0.1, 0.15) is 9.34 Å². The standard InChI is InChI=1S/C11H18ClN3OS.ClH/c1-16-9-2-3-15(8(4-9)5-13)7-11-14-6-10(12)17-11;/h6,8-9H,2-5,7,13H2,1H3;1H. The lowest BCUT2D eigenvalue weighted by Crippen LogP contribution is -2.47. The second-order valence-corrected chi connectivity index (χ2v) is 6.05. The molecule has 4 nitrogen and oxygen atoms in total. The zero-order chi connectivity index (χ0) is 12.3. The van der Waals surface area contributed by atoms with Crippen LogP contribution in [0.4, 0.5) is 0 Å². The van der Waals surface area contributed by atoms with E-state index in [1.807, 2.05) is 0 Å². The number of thiazole rings is 1. The number of hydrogen-bond donors (Lipinski definition) is 1. The number of piperidine rings is 1. The van der Waals surface area contributed by atoms with Crippen molar-refractivity contribution in [3.8, 4) is 0 Å². The molecule has 0 radical (unpaired) electrons. The number of methoxy groups -OCH3 is 1. The summed E-state index contributed by atoms with van der Waals surface area (Å²) >= 11 is 7.43. The average molecular weight is 312 g/mol. The van der Waals surface area contributed by atoms with Crippen molar-refractivity contribution in [2.75, 3.05) is 20.2 Å². The maximum Gasteiger partial charge on any atom is 0.113 e. The highest BCUT2D eigenvalue weighted by atomic mass is 35.5. The molecule has 2 rings (SSSR count). The number of nitrogens with zero attached hydrogens (tertiary/aromatic N) is 2. The molecule has 1 saturated heterocycles. The number of hydrogen-bond acceptors (Lipinski definition) is 5. The lowest BCUT2D eigenvalue weighted by Gasteiger charge is -2.37. The average Bonchev–Trinajstić information content (AvgIpc) is 2.75. The molecule has 7 heteroatoms.